The summed E-state index contributed by atoms with van der Waals surface area (Å²) < 4.78 is 88.3. The Kier molecular flexibility index (Phi) is 8.28. The first kappa shape index (κ1) is 33.5. The molecule has 0 radical (unpaired) electrons. The minimum absolute atomic E-state index is 0.263. The van der Waals surface area contributed by atoms with E-state index in [-0.39, 0.29) is 11.1 Å². The number of allylic oxidation sites excluding steroid dienone is 2. The molecule has 0 nitrogen and oxygen atoms in total. The summed E-state index contributed by atoms with van der Waals surface area (Å²) in [6.07, 6.45) is -7.55. The quantitative estimate of drug-likeness (QED) is 0.140. The normalized spacial score (nSPS) is 18.9. The summed E-state index contributed by atoms with van der Waals surface area (Å²) in [7, 11) is 15.7. The van der Waals surface area contributed by atoms with Crippen LogP contribution in [0.3, 0.4) is 0 Å². The van der Waals surface area contributed by atoms with Gasteiger partial charge in [0.1, 0.15) is 0 Å². The first-order valence-corrected chi connectivity index (χ1v) is 31.3. The van der Waals surface area contributed by atoms with Crippen molar-refractivity contribution < 1.29 is 41.9 Å². The van der Waals surface area contributed by atoms with Gasteiger partial charge in [0.25, 0.3) is 0 Å². The van der Waals surface area contributed by atoms with E-state index in [2.05, 4.69) is 0 Å². The minimum atomic E-state index is -6.43. The third kappa shape index (κ3) is 5.14. The van der Waals surface area contributed by atoms with Crippen molar-refractivity contribution in [2.24, 2.45) is 0 Å². The topological polar surface area (TPSA) is 0 Å². The zero-order valence-electron chi connectivity index (χ0n) is 25.5. The summed E-state index contributed by atoms with van der Waals surface area (Å²) in [5, 5.41) is 0. The number of rotatable bonds is 5. The predicted molar refractivity (Wildman–Crippen MR) is 177 cm³/mol. The van der Waals surface area contributed by atoms with Crippen LogP contribution in [0.25, 0.3) is 34.4 Å². The van der Waals surface area contributed by atoms with Crippen LogP contribution in [-0.2, 0) is 15.6 Å². The van der Waals surface area contributed by atoms with Crippen LogP contribution >= 0.6 is 17.0 Å². The van der Waals surface area contributed by atoms with Crippen LogP contribution in [0.15, 0.2) is 96.1 Å². The zero-order chi connectivity index (χ0) is 33.4. The summed E-state index contributed by atoms with van der Waals surface area (Å²) in [4.78, 5) is 0. The Labute approximate surface area is 273 Å². The molecule has 0 amide bonds. The fourth-order valence-electron chi connectivity index (χ4n) is 7.61. The average molecular weight is 768 g/mol. The molecule has 0 aromatic heterocycles. The van der Waals surface area contributed by atoms with Gasteiger partial charge in [-0.3, -0.25) is 0 Å². The molecule has 0 N–H and O–H groups in total. The molecule has 10 heteroatoms. The monoisotopic (exact) mass is 765 g/mol. The maximum atomic E-state index is 15.3. The van der Waals surface area contributed by atoms with Gasteiger partial charge in [-0.05, 0) is 0 Å². The van der Waals surface area contributed by atoms with E-state index in [9.17, 15) is 0 Å². The van der Waals surface area contributed by atoms with E-state index in [4.69, 9.17) is 17.0 Å². The standard InChI is InChI=1S/2C17H12F3.C2H7Si.2ClH.Zr/c2*1-11-7-8-13-9-14(17(18,19)20)10-15(13)16(11)12-5-3-2-4-6-12;1-3-2;;;/h2*2-10H,1H3;3H,1-2H3;2*1H;/q;;;;;+2/p-2. The van der Waals surface area contributed by atoms with E-state index in [1.165, 1.54) is 0 Å². The van der Waals surface area contributed by atoms with Gasteiger partial charge in [-0.1, -0.05) is 0 Å². The molecule has 0 bridgehead atoms. The molecule has 2 unspecified atom stereocenters. The van der Waals surface area contributed by atoms with Crippen LogP contribution in [-0.4, -0.2) is 18.3 Å². The van der Waals surface area contributed by atoms with Crippen LogP contribution in [0.5, 0.6) is 0 Å². The number of benzene rings is 4. The Bertz CT molecular complexity index is 1780. The molecule has 46 heavy (non-hydrogen) atoms. The summed E-state index contributed by atoms with van der Waals surface area (Å²) in [6.45, 7) is 7.07. The van der Waals surface area contributed by atoms with Crippen molar-refractivity contribution in [3.63, 3.8) is 0 Å². The fraction of sp³-hybridized carbons (Fsp3) is 0.222. The van der Waals surface area contributed by atoms with Gasteiger partial charge in [-0.25, -0.2) is 0 Å². The molecule has 0 saturated heterocycles. The molecule has 4 aromatic rings. The first-order valence-electron chi connectivity index (χ1n) is 15.0. The molecule has 0 spiro atoms. The van der Waals surface area contributed by atoms with E-state index in [0.29, 0.717) is 33.4 Å². The molecule has 2 atom stereocenters. The van der Waals surface area contributed by atoms with Crippen molar-refractivity contribution in [3.05, 3.63) is 129 Å². The molecular weight excluding hydrogens is 737 g/mol. The predicted octanol–water partition coefficient (Wildman–Crippen LogP) is 12.3. The van der Waals surface area contributed by atoms with Crippen molar-refractivity contribution in [3.8, 4) is 22.3 Å². The van der Waals surface area contributed by atoms with Crippen LogP contribution in [0, 0.1) is 13.8 Å². The zero-order valence-corrected chi connectivity index (χ0v) is 30.6. The van der Waals surface area contributed by atoms with Crippen molar-refractivity contribution in [2.75, 3.05) is 0 Å². The van der Waals surface area contributed by atoms with Gasteiger partial charge in [0.2, 0.25) is 0 Å². The number of halogens is 8. The van der Waals surface area contributed by atoms with E-state index in [1.54, 1.807) is 61.6 Å². The van der Waals surface area contributed by atoms with Gasteiger partial charge in [0, 0.05) is 0 Å². The van der Waals surface area contributed by atoms with E-state index in [1.807, 2.05) is 50.2 Å². The molecule has 0 fully saturated rings. The maximum absolute atomic E-state index is 15.3. The first-order chi connectivity index (χ1) is 21.5. The van der Waals surface area contributed by atoms with E-state index < -0.39 is 52.2 Å². The van der Waals surface area contributed by atoms with Crippen molar-refractivity contribution >= 4 is 35.1 Å². The number of hydrogen-bond donors (Lipinski definition) is 0. The van der Waals surface area contributed by atoms with E-state index in [0.717, 1.165) is 23.3 Å². The molecule has 0 aliphatic heterocycles. The fourth-order valence-corrected chi connectivity index (χ4v) is 37.7. The molecule has 239 valence electrons. The summed E-state index contributed by atoms with van der Waals surface area (Å²) >= 11 is -6.43. The number of hydrogen-bond acceptors (Lipinski definition) is 0. The van der Waals surface area contributed by atoms with Crippen LogP contribution in [0.4, 0.5) is 26.3 Å². The van der Waals surface area contributed by atoms with Gasteiger partial charge in [0.15, 0.2) is 0 Å². The molecule has 4 aromatic carbocycles. The molecule has 0 saturated carbocycles. The van der Waals surface area contributed by atoms with Crippen LogP contribution in [0.1, 0.15) is 40.6 Å². The number of aryl methyl sites for hydroxylation is 2. The summed E-state index contributed by atoms with van der Waals surface area (Å²) in [6, 6.07) is 24.7. The Morgan fingerprint density at radius 1 is 0.565 bits per heavy atom. The summed E-state index contributed by atoms with van der Waals surface area (Å²) in [5.41, 5.74) is 3.37. The van der Waals surface area contributed by atoms with Gasteiger partial charge >= 0.3 is 275 Å². The Morgan fingerprint density at radius 2 is 0.913 bits per heavy atom. The molecule has 2 aliphatic carbocycles. The summed E-state index contributed by atoms with van der Waals surface area (Å²) in [5.74, 6) is -2.70. The van der Waals surface area contributed by atoms with Gasteiger partial charge in [-0.2, -0.15) is 0 Å². The number of alkyl halides is 6. The Hall–Kier alpha value is -2.38. The average Bonchev–Trinajstić information content (AvgIpc) is 3.59. The van der Waals surface area contributed by atoms with Gasteiger partial charge in [0.05, 0.1) is 0 Å². The second kappa shape index (κ2) is 11.4. The van der Waals surface area contributed by atoms with E-state index >= 15 is 26.3 Å². The van der Waals surface area contributed by atoms with Gasteiger partial charge in [-0.15, -0.1) is 0 Å². The van der Waals surface area contributed by atoms with Crippen molar-refractivity contribution in [1.82, 2.24) is 0 Å². The number of fused-ring (bicyclic) bond motifs is 2. The van der Waals surface area contributed by atoms with Crippen molar-refractivity contribution in [1.29, 1.82) is 0 Å². The molecule has 0 heterocycles. The van der Waals surface area contributed by atoms with Crippen LogP contribution in [0.2, 0.25) is 13.1 Å². The third-order valence-corrected chi connectivity index (χ3v) is 61.4. The third-order valence-electron chi connectivity index (χ3n) is 9.80. The molecular formula is C36H31Cl2F6SiZr. The SMILES string of the molecule is Cc1ccc2c(c1-c1ccccc1)C=C(C(F)(F)F)[CH]2[Zr]([Cl])([Cl])([CH]1C(C(F)(F)F)=Cc2c1ccc(C)c2-c1ccccc1)[SiH](C)C. The molecule has 2 aliphatic rings. The second-order valence-electron chi connectivity index (χ2n) is 12.7. The Morgan fingerprint density at radius 3 is 1.22 bits per heavy atom. The van der Waals surface area contributed by atoms with Crippen LogP contribution < -0.4 is 0 Å². The van der Waals surface area contributed by atoms with Crippen molar-refractivity contribution in [2.45, 2.75) is 46.5 Å². The Balaban J connectivity index is 1.70. The second-order valence-corrected chi connectivity index (χ2v) is 55.2. The molecule has 6 rings (SSSR count). The van der Waals surface area contributed by atoms with Gasteiger partial charge < -0.3 is 0 Å².